The third-order valence-electron chi connectivity index (χ3n) is 7.93. The van der Waals surface area contributed by atoms with E-state index < -0.39 is 36.0 Å². The number of amides is 2. The molecule has 4 aromatic rings. The highest BCUT2D eigenvalue weighted by atomic mass is 16.6. The van der Waals surface area contributed by atoms with Crippen molar-refractivity contribution < 1.29 is 29.3 Å². The average molecular weight is 589 g/mol. The molecule has 1 aliphatic heterocycles. The molecular weight excluding hydrogens is 556 g/mol. The van der Waals surface area contributed by atoms with Gasteiger partial charge < -0.3 is 24.6 Å². The predicted molar refractivity (Wildman–Crippen MR) is 155 cm³/mol. The van der Waals surface area contributed by atoms with Gasteiger partial charge >= 0.3 is 6.09 Å². The average Bonchev–Trinajstić information content (AvgIpc) is 3.69. The molecular formula is C30H32N6O7. The zero-order valence-corrected chi connectivity index (χ0v) is 23.5. The van der Waals surface area contributed by atoms with E-state index in [0.717, 1.165) is 22.3 Å². The molecule has 13 heteroatoms. The molecule has 43 heavy (non-hydrogen) atoms. The number of aliphatic hydroxyl groups is 2. The van der Waals surface area contributed by atoms with E-state index in [1.54, 1.807) is 7.05 Å². The van der Waals surface area contributed by atoms with Gasteiger partial charge in [0.15, 0.2) is 11.2 Å². The minimum Gasteiger partial charge on any atom is -0.448 e. The number of hydrogen-bond donors (Lipinski definition) is 4. The molecule has 13 nitrogen and oxygen atoms in total. The van der Waals surface area contributed by atoms with Crippen molar-refractivity contribution in [3.63, 3.8) is 0 Å². The first-order chi connectivity index (χ1) is 20.8. The molecule has 2 amide bonds. The van der Waals surface area contributed by atoms with Crippen molar-refractivity contribution in [3.8, 4) is 11.1 Å². The second kappa shape index (κ2) is 12.0. The van der Waals surface area contributed by atoms with Gasteiger partial charge in [-0.25, -0.2) is 9.78 Å². The normalized spacial score (nSPS) is 19.3. The number of rotatable bonds is 9. The van der Waals surface area contributed by atoms with Crippen molar-refractivity contribution in [2.45, 2.75) is 43.6 Å². The van der Waals surface area contributed by atoms with Crippen LogP contribution in [0, 0.1) is 0 Å². The smallest absolute Gasteiger partial charge is 0.409 e. The minimum atomic E-state index is -0.875. The van der Waals surface area contributed by atoms with E-state index in [9.17, 15) is 24.6 Å². The Morgan fingerprint density at radius 1 is 1.16 bits per heavy atom. The summed E-state index contributed by atoms with van der Waals surface area (Å²) in [4.78, 5) is 50.3. The predicted octanol–water partition coefficient (Wildman–Crippen LogP) is 2.36. The molecule has 0 spiro atoms. The van der Waals surface area contributed by atoms with Crippen LogP contribution in [-0.4, -0.2) is 85.6 Å². The Morgan fingerprint density at radius 2 is 1.86 bits per heavy atom. The summed E-state index contributed by atoms with van der Waals surface area (Å²) < 4.78 is 12.8. The van der Waals surface area contributed by atoms with Gasteiger partial charge in [0.25, 0.3) is 5.56 Å². The lowest BCUT2D eigenvalue weighted by Gasteiger charge is -2.19. The Balaban J connectivity index is 1.01. The van der Waals surface area contributed by atoms with Crippen molar-refractivity contribution in [2.24, 2.45) is 0 Å². The molecule has 3 heterocycles. The van der Waals surface area contributed by atoms with Crippen molar-refractivity contribution in [1.29, 1.82) is 0 Å². The molecule has 1 unspecified atom stereocenters. The van der Waals surface area contributed by atoms with Gasteiger partial charge in [-0.3, -0.25) is 24.5 Å². The van der Waals surface area contributed by atoms with Crippen LogP contribution in [0.1, 0.15) is 42.5 Å². The number of nitrogens with one attached hydrogen (secondary N) is 2. The monoisotopic (exact) mass is 588 g/mol. The van der Waals surface area contributed by atoms with Crippen molar-refractivity contribution >= 4 is 29.1 Å². The maximum atomic E-state index is 12.7. The number of imidazole rings is 1. The van der Waals surface area contributed by atoms with Gasteiger partial charge in [0.2, 0.25) is 11.9 Å². The van der Waals surface area contributed by atoms with Crippen LogP contribution in [0.3, 0.4) is 0 Å². The fraction of sp³-hybridized carbons (Fsp3) is 0.367. The lowest BCUT2D eigenvalue weighted by Crippen LogP contribution is -2.30. The fourth-order valence-electron chi connectivity index (χ4n) is 5.71. The van der Waals surface area contributed by atoms with Gasteiger partial charge in [0.05, 0.1) is 19.0 Å². The van der Waals surface area contributed by atoms with Gasteiger partial charge in [-0.2, -0.15) is 4.98 Å². The van der Waals surface area contributed by atoms with Gasteiger partial charge in [-0.15, -0.1) is 0 Å². The number of nitrogens with zero attached hydrogens (tertiary/aromatic N) is 4. The van der Waals surface area contributed by atoms with E-state index in [1.165, 1.54) is 15.8 Å². The summed E-state index contributed by atoms with van der Waals surface area (Å²) in [6.07, 6.45) is -0.807. The van der Waals surface area contributed by atoms with Crippen LogP contribution in [0.15, 0.2) is 59.7 Å². The first-order valence-electron chi connectivity index (χ1n) is 14.1. The van der Waals surface area contributed by atoms with Crippen LogP contribution in [0.2, 0.25) is 0 Å². The van der Waals surface area contributed by atoms with E-state index in [2.05, 4.69) is 44.5 Å². The van der Waals surface area contributed by atoms with Crippen molar-refractivity contribution in [3.05, 3.63) is 76.3 Å². The molecule has 1 fully saturated rings. The number of carbonyl (C=O) groups excluding carboxylic acids is 2. The Morgan fingerprint density at radius 3 is 2.53 bits per heavy atom. The SMILES string of the molecule is CN(CCCC(=O)Nc1nc2c(ncn2[C@H]2CC(O)[C@@H](CO)O2)c(=O)[nH]1)C(=O)OCC1c2ccccc2-c2ccccc21. The summed E-state index contributed by atoms with van der Waals surface area (Å²) in [7, 11) is 1.62. The first-order valence-corrected chi connectivity index (χ1v) is 14.1. The molecule has 4 N–H and O–H groups in total. The summed E-state index contributed by atoms with van der Waals surface area (Å²) >= 11 is 0. The van der Waals surface area contributed by atoms with Crippen molar-refractivity contribution in [1.82, 2.24) is 24.4 Å². The van der Waals surface area contributed by atoms with Crippen LogP contribution in [0.25, 0.3) is 22.3 Å². The fourth-order valence-corrected chi connectivity index (χ4v) is 5.71. The maximum Gasteiger partial charge on any atom is 0.409 e. The van der Waals surface area contributed by atoms with Crippen LogP contribution in [0.4, 0.5) is 10.7 Å². The van der Waals surface area contributed by atoms with E-state index in [1.807, 2.05) is 24.3 Å². The van der Waals surface area contributed by atoms with Gasteiger partial charge in [-0.05, 0) is 28.7 Å². The number of aliphatic hydroxyl groups excluding tert-OH is 2. The number of hydrogen-bond acceptors (Lipinski definition) is 9. The lowest BCUT2D eigenvalue weighted by molar-refractivity contribution is -0.116. The van der Waals surface area contributed by atoms with E-state index in [0.29, 0.717) is 6.42 Å². The Labute approximate surface area is 246 Å². The molecule has 2 aromatic heterocycles. The van der Waals surface area contributed by atoms with Crippen LogP contribution < -0.4 is 10.9 Å². The van der Waals surface area contributed by atoms with Crippen LogP contribution in [-0.2, 0) is 14.3 Å². The Hall–Kier alpha value is -4.59. The third kappa shape index (κ3) is 5.61. The molecule has 0 bridgehead atoms. The molecule has 6 rings (SSSR count). The lowest BCUT2D eigenvalue weighted by atomic mass is 9.98. The maximum absolute atomic E-state index is 12.7. The quantitative estimate of drug-likeness (QED) is 0.229. The number of aromatic nitrogens is 4. The molecule has 2 aliphatic rings. The van der Waals surface area contributed by atoms with Crippen molar-refractivity contribution in [2.75, 3.05) is 32.1 Å². The number of H-pyrrole nitrogens is 1. The zero-order valence-electron chi connectivity index (χ0n) is 23.5. The Kier molecular flexibility index (Phi) is 7.93. The zero-order chi connectivity index (χ0) is 30.1. The largest absolute Gasteiger partial charge is 0.448 e. The summed E-state index contributed by atoms with van der Waals surface area (Å²) in [5, 5.41) is 22.0. The highest BCUT2D eigenvalue weighted by molar-refractivity contribution is 5.89. The second-order valence-corrected chi connectivity index (χ2v) is 10.7. The summed E-state index contributed by atoms with van der Waals surface area (Å²) in [6.45, 7) is 0.143. The number of carbonyl (C=O) groups is 2. The van der Waals surface area contributed by atoms with Crippen LogP contribution >= 0.6 is 0 Å². The van der Waals surface area contributed by atoms with E-state index in [-0.39, 0.29) is 55.6 Å². The number of ether oxygens (including phenoxy) is 2. The highest BCUT2D eigenvalue weighted by Crippen LogP contribution is 2.44. The number of benzene rings is 2. The van der Waals surface area contributed by atoms with E-state index >= 15 is 0 Å². The number of fused-ring (bicyclic) bond motifs is 4. The van der Waals surface area contributed by atoms with E-state index in [4.69, 9.17) is 9.47 Å². The van der Waals surface area contributed by atoms with Crippen LogP contribution in [0.5, 0.6) is 0 Å². The molecule has 1 aliphatic carbocycles. The number of aromatic amines is 1. The first kappa shape index (κ1) is 28.5. The Bertz CT molecular complexity index is 1670. The summed E-state index contributed by atoms with van der Waals surface area (Å²) in [5.74, 6) is -0.506. The summed E-state index contributed by atoms with van der Waals surface area (Å²) in [6, 6.07) is 16.2. The van der Waals surface area contributed by atoms with Gasteiger partial charge in [0.1, 0.15) is 18.9 Å². The topological polar surface area (TPSA) is 172 Å². The van der Waals surface area contributed by atoms with Gasteiger partial charge in [-0.1, -0.05) is 48.5 Å². The summed E-state index contributed by atoms with van der Waals surface area (Å²) in [5.41, 5.74) is 4.24. The standard InChI is InChI=1S/C30H32N6O7/c1-35(30(41)42-15-21-19-9-4-2-7-17(19)18-8-3-5-10-20(18)21)12-6-11-24(39)32-29-33-27-26(28(40)34-29)31-16-36(27)25-13-22(38)23(14-37)43-25/h2-5,7-10,16,21-23,25,37-38H,6,11-15H2,1H3,(H2,32,33,34,39,40)/t22?,23-,25-/m1/s1. The molecule has 1 saturated heterocycles. The minimum absolute atomic E-state index is 0.0415. The third-order valence-corrected chi connectivity index (χ3v) is 7.93. The molecule has 2 aromatic carbocycles. The molecule has 3 atom stereocenters. The molecule has 224 valence electrons. The highest BCUT2D eigenvalue weighted by Gasteiger charge is 2.35. The van der Waals surface area contributed by atoms with Gasteiger partial charge in [0, 0.05) is 32.4 Å². The molecule has 0 saturated carbocycles. The number of anilines is 1. The second-order valence-electron chi connectivity index (χ2n) is 10.7. The molecule has 0 radical (unpaired) electrons.